The molecule has 6 nitrogen and oxygen atoms in total. The number of alkyl carbamates (subject to hydrolysis) is 1. The summed E-state index contributed by atoms with van der Waals surface area (Å²) >= 11 is 0. The fourth-order valence-corrected chi connectivity index (χ4v) is 2.95. The largest absolute Gasteiger partial charge is 0.453 e. The van der Waals surface area contributed by atoms with Crippen LogP contribution in [0.15, 0.2) is 30.3 Å². The van der Waals surface area contributed by atoms with E-state index in [9.17, 15) is 9.59 Å². The van der Waals surface area contributed by atoms with Gasteiger partial charge >= 0.3 is 6.09 Å². The minimum atomic E-state index is -0.583. The zero-order valence-corrected chi connectivity index (χ0v) is 14.6. The standard InChI is InChI=1S/C18H27N3O3/c1-13(2)16(20-18(23)24-3)17(22)19-15-9-10-21(12-15)11-14-7-5-4-6-8-14/h4-8,13,15-16H,9-12H2,1-3H3,(H,19,22)(H,20,23)/t15?,16-/m1/s1. The quantitative estimate of drug-likeness (QED) is 0.832. The van der Waals surface area contributed by atoms with Crippen molar-refractivity contribution in [3.05, 3.63) is 35.9 Å². The second-order valence-corrected chi connectivity index (χ2v) is 6.57. The van der Waals surface area contributed by atoms with Gasteiger partial charge in [0.05, 0.1) is 7.11 Å². The zero-order valence-electron chi connectivity index (χ0n) is 14.6. The van der Waals surface area contributed by atoms with E-state index in [-0.39, 0.29) is 17.9 Å². The number of ether oxygens (including phenoxy) is 1. The molecule has 0 saturated carbocycles. The highest BCUT2D eigenvalue weighted by molar-refractivity contribution is 5.86. The Kier molecular flexibility index (Phi) is 6.61. The van der Waals surface area contributed by atoms with Crippen LogP contribution in [0.2, 0.25) is 0 Å². The monoisotopic (exact) mass is 333 g/mol. The lowest BCUT2D eigenvalue weighted by Crippen LogP contribution is -2.52. The number of amides is 2. The van der Waals surface area contributed by atoms with Gasteiger partial charge in [0, 0.05) is 25.7 Å². The Hall–Kier alpha value is -2.08. The first-order valence-electron chi connectivity index (χ1n) is 8.40. The molecule has 6 heteroatoms. The predicted octanol–water partition coefficient (Wildman–Crippen LogP) is 1.76. The number of hydrogen-bond donors (Lipinski definition) is 2. The Morgan fingerprint density at radius 1 is 1.29 bits per heavy atom. The third kappa shape index (κ3) is 5.23. The van der Waals surface area contributed by atoms with Crippen molar-refractivity contribution in [2.45, 2.75) is 38.9 Å². The van der Waals surface area contributed by atoms with Crippen LogP contribution in [0, 0.1) is 5.92 Å². The van der Waals surface area contributed by atoms with Gasteiger partial charge in [0.15, 0.2) is 0 Å². The number of hydrogen-bond acceptors (Lipinski definition) is 4. The van der Waals surface area contributed by atoms with Gasteiger partial charge < -0.3 is 15.4 Å². The van der Waals surface area contributed by atoms with E-state index >= 15 is 0 Å². The first-order chi connectivity index (χ1) is 11.5. The molecule has 2 amide bonds. The summed E-state index contributed by atoms with van der Waals surface area (Å²) < 4.78 is 4.60. The van der Waals surface area contributed by atoms with Gasteiger partial charge in [-0.2, -0.15) is 0 Å². The number of likely N-dealkylation sites (tertiary alicyclic amines) is 1. The lowest BCUT2D eigenvalue weighted by atomic mass is 10.0. The number of nitrogens with zero attached hydrogens (tertiary/aromatic N) is 1. The molecule has 1 aliphatic heterocycles. The Bertz CT molecular complexity index is 548. The van der Waals surface area contributed by atoms with Gasteiger partial charge in [-0.05, 0) is 17.9 Å². The molecule has 0 aliphatic carbocycles. The van der Waals surface area contributed by atoms with Gasteiger partial charge in [0.25, 0.3) is 0 Å². The average Bonchev–Trinajstić information content (AvgIpc) is 2.99. The van der Waals surface area contributed by atoms with Crippen LogP contribution in [0.25, 0.3) is 0 Å². The SMILES string of the molecule is COC(=O)N[C@@H](C(=O)NC1CCN(Cc2ccccc2)C1)C(C)C. The van der Waals surface area contributed by atoms with Crippen LogP contribution in [0.3, 0.4) is 0 Å². The third-order valence-electron chi connectivity index (χ3n) is 4.28. The van der Waals surface area contributed by atoms with E-state index in [1.54, 1.807) is 0 Å². The molecule has 0 radical (unpaired) electrons. The minimum Gasteiger partial charge on any atom is -0.453 e. The van der Waals surface area contributed by atoms with Crippen molar-refractivity contribution in [2.24, 2.45) is 5.92 Å². The van der Waals surface area contributed by atoms with Gasteiger partial charge in [-0.3, -0.25) is 9.69 Å². The summed E-state index contributed by atoms with van der Waals surface area (Å²) in [7, 11) is 1.29. The molecule has 1 saturated heterocycles. The van der Waals surface area contributed by atoms with Gasteiger partial charge in [-0.15, -0.1) is 0 Å². The number of carbonyl (C=O) groups is 2. The summed E-state index contributed by atoms with van der Waals surface area (Å²) in [4.78, 5) is 26.2. The zero-order chi connectivity index (χ0) is 17.5. The van der Waals surface area contributed by atoms with Crippen LogP contribution >= 0.6 is 0 Å². The van der Waals surface area contributed by atoms with Crippen molar-refractivity contribution in [2.75, 3.05) is 20.2 Å². The van der Waals surface area contributed by atoms with Crippen molar-refractivity contribution < 1.29 is 14.3 Å². The molecule has 1 fully saturated rings. The molecule has 1 aromatic rings. The highest BCUT2D eigenvalue weighted by Gasteiger charge is 2.29. The Morgan fingerprint density at radius 3 is 2.62 bits per heavy atom. The molecule has 132 valence electrons. The minimum absolute atomic E-state index is 0.00840. The number of carbonyl (C=O) groups excluding carboxylic acids is 2. The number of rotatable bonds is 6. The van der Waals surface area contributed by atoms with Crippen LogP contribution < -0.4 is 10.6 Å². The van der Waals surface area contributed by atoms with Crippen LogP contribution in [-0.2, 0) is 16.1 Å². The second kappa shape index (κ2) is 8.68. The maximum Gasteiger partial charge on any atom is 0.407 e. The molecule has 0 bridgehead atoms. The third-order valence-corrected chi connectivity index (χ3v) is 4.28. The van der Waals surface area contributed by atoms with E-state index in [0.717, 1.165) is 26.1 Å². The molecule has 1 aliphatic rings. The maximum atomic E-state index is 12.5. The molecule has 24 heavy (non-hydrogen) atoms. The first kappa shape index (κ1) is 18.3. The lowest BCUT2D eigenvalue weighted by Gasteiger charge is -2.23. The van der Waals surface area contributed by atoms with Crippen molar-refractivity contribution in [1.29, 1.82) is 0 Å². The fraction of sp³-hybridized carbons (Fsp3) is 0.556. The molecule has 2 rings (SSSR count). The second-order valence-electron chi connectivity index (χ2n) is 6.57. The Morgan fingerprint density at radius 2 is 2.00 bits per heavy atom. The molecule has 0 aromatic heterocycles. The van der Waals surface area contributed by atoms with Crippen molar-refractivity contribution >= 4 is 12.0 Å². The van der Waals surface area contributed by atoms with Crippen molar-refractivity contribution in [3.8, 4) is 0 Å². The first-order valence-corrected chi connectivity index (χ1v) is 8.40. The maximum absolute atomic E-state index is 12.5. The lowest BCUT2D eigenvalue weighted by molar-refractivity contribution is -0.124. The molecule has 2 atom stereocenters. The fourth-order valence-electron chi connectivity index (χ4n) is 2.95. The molecule has 1 unspecified atom stereocenters. The van der Waals surface area contributed by atoms with E-state index in [2.05, 4.69) is 32.4 Å². The van der Waals surface area contributed by atoms with Crippen molar-refractivity contribution in [1.82, 2.24) is 15.5 Å². The summed E-state index contributed by atoms with van der Waals surface area (Å²) in [6, 6.07) is 9.84. The van der Waals surface area contributed by atoms with Crippen LogP contribution in [0.4, 0.5) is 4.79 Å². The molecular weight excluding hydrogens is 306 g/mol. The molecule has 2 N–H and O–H groups in total. The van der Waals surface area contributed by atoms with Crippen LogP contribution in [0.5, 0.6) is 0 Å². The number of methoxy groups -OCH3 is 1. The summed E-state index contributed by atoms with van der Waals surface area (Å²) in [6.45, 7) is 6.47. The van der Waals surface area contributed by atoms with E-state index < -0.39 is 12.1 Å². The number of benzene rings is 1. The summed E-state index contributed by atoms with van der Waals surface area (Å²) in [6.07, 6.45) is 0.336. The molecule has 1 aromatic carbocycles. The van der Waals surface area contributed by atoms with Crippen LogP contribution in [-0.4, -0.2) is 49.2 Å². The van der Waals surface area contributed by atoms with Crippen LogP contribution in [0.1, 0.15) is 25.8 Å². The Balaban J connectivity index is 1.84. The van der Waals surface area contributed by atoms with Gasteiger partial charge in [0.2, 0.25) is 5.91 Å². The summed E-state index contributed by atoms with van der Waals surface area (Å²) in [5.74, 6) is -0.159. The Labute approximate surface area is 143 Å². The molecule has 1 heterocycles. The van der Waals surface area contributed by atoms with Gasteiger partial charge in [-0.1, -0.05) is 44.2 Å². The normalized spacial score (nSPS) is 19.1. The predicted molar refractivity (Wildman–Crippen MR) is 92.4 cm³/mol. The van der Waals surface area contributed by atoms with E-state index in [0.29, 0.717) is 0 Å². The smallest absolute Gasteiger partial charge is 0.407 e. The number of nitrogens with one attached hydrogen (secondary N) is 2. The van der Waals surface area contributed by atoms with E-state index in [1.165, 1.54) is 12.7 Å². The van der Waals surface area contributed by atoms with E-state index in [4.69, 9.17) is 0 Å². The summed E-state index contributed by atoms with van der Waals surface area (Å²) in [5.41, 5.74) is 1.27. The van der Waals surface area contributed by atoms with Gasteiger partial charge in [-0.25, -0.2) is 4.79 Å². The highest BCUT2D eigenvalue weighted by atomic mass is 16.5. The van der Waals surface area contributed by atoms with E-state index in [1.807, 2.05) is 32.0 Å². The average molecular weight is 333 g/mol. The highest BCUT2D eigenvalue weighted by Crippen LogP contribution is 2.14. The topological polar surface area (TPSA) is 70.7 Å². The van der Waals surface area contributed by atoms with Gasteiger partial charge in [0.1, 0.15) is 6.04 Å². The summed E-state index contributed by atoms with van der Waals surface area (Å²) in [5, 5.41) is 5.66. The van der Waals surface area contributed by atoms with Crippen molar-refractivity contribution in [3.63, 3.8) is 0 Å². The molecule has 0 spiro atoms. The molecular formula is C18H27N3O3.